The number of nitrogens with zero attached hydrogens (tertiary/aromatic N) is 3. The summed E-state index contributed by atoms with van der Waals surface area (Å²) in [5.41, 5.74) is 4.44. The number of aromatic nitrogens is 1. The van der Waals surface area contributed by atoms with Gasteiger partial charge in [-0.2, -0.15) is 0 Å². The number of rotatable bonds is 11. The van der Waals surface area contributed by atoms with Gasteiger partial charge in [0.25, 0.3) is 0 Å². The molecular weight excluding hydrogens is 555 g/mol. The smallest absolute Gasteiger partial charge is 0.344 e. The Morgan fingerprint density at radius 2 is 1.78 bits per heavy atom. The van der Waals surface area contributed by atoms with Crippen molar-refractivity contribution in [1.29, 1.82) is 0 Å². The van der Waals surface area contributed by atoms with Gasteiger partial charge in [-0.3, -0.25) is 4.90 Å². The first kappa shape index (κ1) is 29.0. The molecule has 3 aromatic carbocycles. The minimum absolute atomic E-state index is 0.600. The summed E-state index contributed by atoms with van der Waals surface area (Å²) in [5.74, 6) is 1.32. The van der Waals surface area contributed by atoms with Gasteiger partial charge in [0.05, 0.1) is 12.8 Å². The van der Waals surface area contributed by atoms with Gasteiger partial charge in [0.15, 0.2) is 6.10 Å². The molecule has 1 aliphatic rings. The maximum atomic E-state index is 11.2. The van der Waals surface area contributed by atoms with Crippen LogP contribution in [0.25, 0.3) is 10.6 Å². The van der Waals surface area contributed by atoms with E-state index in [4.69, 9.17) is 19.6 Å². The van der Waals surface area contributed by atoms with E-state index in [9.17, 15) is 4.79 Å². The van der Waals surface area contributed by atoms with Crippen LogP contribution in [-0.2, 0) is 17.1 Å². The maximum absolute atomic E-state index is 11.2. The molecule has 7 nitrogen and oxygen atoms in total. The zero-order chi connectivity index (χ0) is 28.8. The number of thioether (sulfide) groups is 1. The van der Waals surface area contributed by atoms with Gasteiger partial charge in [-0.15, -0.1) is 23.1 Å². The Labute approximate surface area is 249 Å². The van der Waals surface area contributed by atoms with E-state index in [0.29, 0.717) is 5.75 Å². The van der Waals surface area contributed by atoms with Crippen molar-refractivity contribution in [2.45, 2.75) is 37.1 Å². The second-order valence-electron chi connectivity index (χ2n) is 10.0. The summed E-state index contributed by atoms with van der Waals surface area (Å²) in [6, 6.07) is 24.6. The van der Waals surface area contributed by atoms with E-state index >= 15 is 0 Å². The number of aliphatic carboxylic acids is 1. The first-order valence-corrected chi connectivity index (χ1v) is 15.5. The average Bonchev–Trinajstić information content (AvgIpc) is 3.40. The first-order valence-electron chi connectivity index (χ1n) is 13.7. The van der Waals surface area contributed by atoms with Crippen molar-refractivity contribution in [3.05, 3.63) is 88.9 Å². The van der Waals surface area contributed by atoms with Crippen LogP contribution in [0.5, 0.6) is 11.5 Å². The second kappa shape index (κ2) is 13.4. The molecule has 1 N–H and O–H groups in total. The van der Waals surface area contributed by atoms with E-state index in [1.807, 2.05) is 37.3 Å². The molecule has 0 saturated carbocycles. The number of thiazole rings is 1. The number of anilines is 1. The van der Waals surface area contributed by atoms with Crippen molar-refractivity contribution >= 4 is 34.8 Å². The van der Waals surface area contributed by atoms with Gasteiger partial charge in [0.2, 0.25) is 0 Å². The summed E-state index contributed by atoms with van der Waals surface area (Å²) in [7, 11) is 1.69. The van der Waals surface area contributed by atoms with Gasteiger partial charge < -0.3 is 19.5 Å². The Morgan fingerprint density at radius 3 is 2.44 bits per heavy atom. The predicted octanol–water partition coefficient (Wildman–Crippen LogP) is 6.59. The minimum Gasteiger partial charge on any atom is -0.497 e. The van der Waals surface area contributed by atoms with Crippen molar-refractivity contribution in [1.82, 2.24) is 9.88 Å². The molecule has 1 fully saturated rings. The number of hydrogen-bond acceptors (Lipinski definition) is 8. The molecule has 214 valence electrons. The van der Waals surface area contributed by atoms with E-state index in [1.54, 1.807) is 37.1 Å². The average molecular weight is 590 g/mol. The van der Waals surface area contributed by atoms with Crippen LogP contribution in [0, 0.1) is 6.92 Å². The van der Waals surface area contributed by atoms with Crippen molar-refractivity contribution in [3.8, 4) is 22.1 Å². The largest absolute Gasteiger partial charge is 0.497 e. The molecule has 0 bridgehead atoms. The monoisotopic (exact) mass is 589 g/mol. The van der Waals surface area contributed by atoms with Crippen molar-refractivity contribution in [2.75, 3.05) is 38.2 Å². The van der Waals surface area contributed by atoms with Gasteiger partial charge in [-0.25, -0.2) is 9.78 Å². The van der Waals surface area contributed by atoms with Crippen LogP contribution in [0.2, 0.25) is 0 Å². The Balaban J connectivity index is 1.27. The van der Waals surface area contributed by atoms with Crippen molar-refractivity contribution < 1.29 is 19.4 Å². The summed E-state index contributed by atoms with van der Waals surface area (Å²) < 4.78 is 10.9. The van der Waals surface area contributed by atoms with Gasteiger partial charge in [-0.05, 0) is 61.9 Å². The number of piperazine rings is 1. The number of benzene rings is 3. The van der Waals surface area contributed by atoms with Crippen LogP contribution in [0.4, 0.5) is 5.69 Å². The Hall–Kier alpha value is -3.53. The van der Waals surface area contributed by atoms with Crippen molar-refractivity contribution in [2.24, 2.45) is 0 Å². The van der Waals surface area contributed by atoms with Crippen LogP contribution >= 0.6 is 23.1 Å². The molecule has 2 heterocycles. The zero-order valence-corrected chi connectivity index (χ0v) is 25.2. The first-order chi connectivity index (χ1) is 19.9. The fraction of sp³-hybridized carbons (Fsp3) is 0.312. The fourth-order valence-corrected chi connectivity index (χ4v) is 6.90. The molecule has 5 rings (SSSR count). The highest BCUT2D eigenvalue weighted by Crippen LogP contribution is 2.35. The zero-order valence-electron chi connectivity index (χ0n) is 23.6. The molecule has 1 unspecified atom stereocenters. The van der Waals surface area contributed by atoms with E-state index in [-0.39, 0.29) is 0 Å². The molecule has 1 aliphatic heterocycles. The topological polar surface area (TPSA) is 75.1 Å². The minimum atomic E-state index is -0.975. The molecule has 9 heteroatoms. The van der Waals surface area contributed by atoms with E-state index < -0.39 is 12.1 Å². The standard InChI is InChI=1S/C32H35N3O4S2/c1-22-19-27(13-14-29(22)39-23(2)32(36)37)40-21-30-28(33-31(41-30)24-7-5-4-6-8-24)20-34-15-17-35(18-16-34)25-9-11-26(38-3)12-10-25/h4-14,19,23H,15-18,20-21H2,1-3H3,(H,36,37). The number of aryl methyl sites for hydroxylation is 1. The van der Waals surface area contributed by atoms with Gasteiger partial charge >= 0.3 is 5.97 Å². The SMILES string of the molecule is COc1ccc(N2CCN(Cc3nc(-c4ccccc4)sc3CSc3ccc(OC(C)C(=O)O)c(C)c3)CC2)cc1. The van der Waals surface area contributed by atoms with Crippen LogP contribution in [0.3, 0.4) is 0 Å². The van der Waals surface area contributed by atoms with E-state index in [0.717, 1.165) is 71.0 Å². The molecule has 1 saturated heterocycles. The molecule has 0 spiro atoms. The number of hydrogen-bond donors (Lipinski definition) is 1. The summed E-state index contributed by atoms with van der Waals surface area (Å²) in [6.07, 6.45) is -0.888. The Bertz CT molecular complexity index is 1450. The number of carbonyl (C=O) groups is 1. The van der Waals surface area contributed by atoms with E-state index in [1.165, 1.54) is 10.6 Å². The molecule has 0 aliphatic carbocycles. The summed E-state index contributed by atoms with van der Waals surface area (Å²) >= 11 is 3.54. The summed E-state index contributed by atoms with van der Waals surface area (Å²) in [6.45, 7) is 8.22. The fourth-order valence-electron chi connectivity index (χ4n) is 4.73. The lowest BCUT2D eigenvalue weighted by atomic mass is 10.2. The highest BCUT2D eigenvalue weighted by atomic mass is 32.2. The number of carboxylic acid groups (broad SMARTS) is 1. The highest BCUT2D eigenvalue weighted by molar-refractivity contribution is 7.98. The second-order valence-corrected chi connectivity index (χ2v) is 12.2. The third-order valence-electron chi connectivity index (χ3n) is 7.15. The Kier molecular flexibility index (Phi) is 9.49. The number of methoxy groups -OCH3 is 1. The van der Waals surface area contributed by atoms with Gasteiger partial charge in [0.1, 0.15) is 16.5 Å². The summed E-state index contributed by atoms with van der Waals surface area (Å²) in [5, 5.41) is 10.2. The molecule has 41 heavy (non-hydrogen) atoms. The molecular formula is C32H35N3O4S2. The molecule has 4 aromatic rings. The lowest BCUT2D eigenvalue weighted by Gasteiger charge is -2.36. The predicted molar refractivity (Wildman–Crippen MR) is 166 cm³/mol. The van der Waals surface area contributed by atoms with Crippen LogP contribution < -0.4 is 14.4 Å². The van der Waals surface area contributed by atoms with E-state index in [2.05, 4.69) is 52.3 Å². The van der Waals surface area contributed by atoms with Crippen LogP contribution in [0.15, 0.2) is 77.7 Å². The van der Waals surface area contributed by atoms with Crippen LogP contribution in [0.1, 0.15) is 23.1 Å². The third kappa shape index (κ3) is 7.41. The maximum Gasteiger partial charge on any atom is 0.344 e. The normalized spacial score (nSPS) is 14.6. The van der Waals surface area contributed by atoms with Crippen molar-refractivity contribution in [3.63, 3.8) is 0 Å². The number of carboxylic acids is 1. The lowest BCUT2D eigenvalue weighted by molar-refractivity contribution is -0.144. The highest BCUT2D eigenvalue weighted by Gasteiger charge is 2.21. The molecule has 1 aromatic heterocycles. The number of ether oxygens (including phenoxy) is 2. The lowest BCUT2D eigenvalue weighted by Crippen LogP contribution is -2.46. The molecule has 0 radical (unpaired) electrons. The molecule has 0 amide bonds. The Morgan fingerprint density at radius 1 is 1.05 bits per heavy atom. The summed E-state index contributed by atoms with van der Waals surface area (Å²) in [4.78, 5) is 23.6. The van der Waals surface area contributed by atoms with Crippen LogP contribution in [-0.4, -0.2) is 60.4 Å². The van der Waals surface area contributed by atoms with Gasteiger partial charge in [0, 0.05) is 59.5 Å². The third-order valence-corrected chi connectivity index (χ3v) is 9.50. The molecule has 1 atom stereocenters. The van der Waals surface area contributed by atoms with Gasteiger partial charge in [-0.1, -0.05) is 30.3 Å². The quantitative estimate of drug-likeness (QED) is 0.196.